The second-order valence-corrected chi connectivity index (χ2v) is 10.5. The molecule has 1 aromatic carbocycles. The highest BCUT2D eigenvalue weighted by Gasteiger charge is 2.55. The largest absolute Gasteiger partial charge is 0.369 e. The Kier molecular flexibility index (Phi) is 3.75. The van der Waals surface area contributed by atoms with Crippen molar-refractivity contribution >= 4 is 16.7 Å². The molecule has 0 unspecified atom stereocenters. The molecular weight excluding hydrogens is 316 g/mol. The first-order valence-electron chi connectivity index (χ1n) is 9.69. The second kappa shape index (κ2) is 5.84. The molecule has 1 aromatic rings. The van der Waals surface area contributed by atoms with Crippen LogP contribution >= 0.6 is 0 Å². The summed E-state index contributed by atoms with van der Waals surface area (Å²) >= 11 is 0. The Morgan fingerprint density at radius 3 is 1.92 bits per heavy atom. The van der Waals surface area contributed by atoms with E-state index in [9.17, 15) is 4.21 Å². The first-order chi connectivity index (χ1) is 11.7. The van der Waals surface area contributed by atoms with Gasteiger partial charge in [-0.3, -0.25) is 0 Å². The predicted octanol–water partition coefficient (Wildman–Crippen LogP) is 3.44. The molecule has 5 fully saturated rings. The van der Waals surface area contributed by atoms with Crippen molar-refractivity contribution in [1.82, 2.24) is 4.31 Å². The Labute approximate surface area is 148 Å². The van der Waals surface area contributed by atoms with Crippen molar-refractivity contribution in [1.29, 1.82) is 0 Å². The smallest absolute Gasteiger partial charge is 0.101 e. The Balaban J connectivity index is 1.28. The number of hydrogen-bond donors (Lipinski definition) is 0. The molecule has 5 aliphatic rings. The van der Waals surface area contributed by atoms with Crippen molar-refractivity contribution in [3.63, 3.8) is 0 Å². The third kappa shape index (κ3) is 2.53. The molecular formula is C20H28N2OS. The fraction of sp³-hybridized carbons (Fsp3) is 0.700. The van der Waals surface area contributed by atoms with Crippen molar-refractivity contribution in [2.24, 2.45) is 17.8 Å². The van der Waals surface area contributed by atoms with E-state index in [-0.39, 0.29) is 4.75 Å². The highest BCUT2D eigenvalue weighted by Crippen LogP contribution is 2.58. The Morgan fingerprint density at radius 2 is 1.38 bits per heavy atom. The Morgan fingerprint density at radius 1 is 0.833 bits per heavy atom. The van der Waals surface area contributed by atoms with Gasteiger partial charge in [0.05, 0.1) is 4.75 Å². The molecule has 4 saturated carbocycles. The topological polar surface area (TPSA) is 23.6 Å². The van der Waals surface area contributed by atoms with Gasteiger partial charge >= 0.3 is 0 Å². The van der Waals surface area contributed by atoms with Crippen molar-refractivity contribution < 1.29 is 4.21 Å². The van der Waals surface area contributed by atoms with Crippen LogP contribution < -0.4 is 4.90 Å². The maximum atomic E-state index is 13.5. The molecule has 0 N–H and O–H groups in total. The first kappa shape index (κ1) is 15.4. The standard InChI is InChI=1S/C20H28N2OS/c23-24(20-13-16-10-17(14-20)12-18(11-16)15-20)22-8-6-21(7-9-22)19-4-2-1-3-5-19/h1-5,16-18H,6-15H2/t16?,17?,18?,20?,24-/m1/s1. The molecule has 130 valence electrons. The molecule has 0 spiro atoms. The molecule has 0 aromatic heterocycles. The first-order valence-corrected chi connectivity index (χ1v) is 10.8. The monoisotopic (exact) mass is 344 g/mol. The van der Waals surface area contributed by atoms with Gasteiger partial charge < -0.3 is 4.90 Å². The molecule has 0 amide bonds. The molecule has 4 heteroatoms. The van der Waals surface area contributed by atoms with E-state index in [1.54, 1.807) is 0 Å². The van der Waals surface area contributed by atoms with Gasteiger partial charge in [-0.05, 0) is 68.4 Å². The van der Waals surface area contributed by atoms with Crippen molar-refractivity contribution in [2.45, 2.75) is 43.3 Å². The molecule has 4 aliphatic carbocycles. The molecule has 1 saturated heterocycles. The highest BCUT2D eigenvalue weighted by molar-refractivity contribution is 7.84. The number of nitrogens with zero attached hydrogens (tertiary/aromatic N) is 2. The number of para-hydroxylation sites is 1. The summed E-state index contributed by atoms with van der Waals surface area (Å²) in [6.45, 7) is 3.90. The van der Waals surface area contributed by atoms with Gasteiger partial charge in [0.25, 0.3) is 0 Å². The van der Waals surface area contributed by atoms with E-state index in [2.05, 4.69) is 39.5 Å². The van der Waals surface area contributed by atoms with E-state index in [0.717, 1.165) is 43.9 Å². The van der Waals surface area contributed by atoms with Crippen molar-refractivity contribution in [3.05, 3.63) is 30.3 Å². The summed E-state index contributed by atoms with van der Waals surface area (Å²) in [4.78, 5) is 2.44. The number of anilines is 1. The lowest BCUT2D eigenvalue weighted by atomic mass is 9.56. The minimum Gasteiger partial charge on any atom is -0.369 e. The number of piperazine rings is 1. The van der Waals surface area contributed by atoms with Gasteiger partial charge in [0.15, 0.2) is 0 Å². The van der Waals surface area contributed by atoms with Crippen LogP contribution in [-0.2, 0) is 11.0 Å². The van der Waals surface area contributed by atoms with Crippen molar-refractivity contribution in [3.8, 4) is 0 Å². The average Bonchev–Trinajstić information content (AvgIpc) is 2.61. The summed E-state index contributed by atoms with van der Waals surface area (Å²) in [5.41, 5.74) is 1.30. The Bertz CT molecular complexity index is 589. The van der Waals surface area contributed by atoms with Crippen LogP contribution in [-0.4, -0.2) is 39.4 Å². The fourth-order valence-corrected chi connectivity index (χ4v) is 8.45. The van der Waals surface area contributed by atoms with Gasteiger partial charge in [-0.25, -0.2) is 8.51 Å². The van der Waals surface area contributed by atoms with Gasteiger partial charge in [-0.2, -0.15) is 0 Å². The predicted molar refractivity (Wildman–Crippen MR) is 99.3 cm³/mol. The lowest BCUT2D eigenvalue weighted by Crippen LogP contribution is -2.58. The summed E-state index contributed by atoms with van der Waals surface area (Å²) in [5.74, 6) is 2.64. The quantitative estimate of drug-likeness (QED) is 0.838. The summed E-state index contributed by atoms with van der Waals surface area (Å²) in [7, 11) is -0.776. The Hall–Kier alpha value is -0.870. The molecule has 3 nitrogen and oxygen atoms in total. The summed E-state index contributed by atoms with van der Waals surface area (Å²) in [6.07, 6.45) is 8.01. The van der Waals surface area contributed by atoms with Crippen LogP contribution in [0.15, 0.2) is 30.3 Å². The third-order valence-corrected chi connectivity index (χ3v) is 9.02. The van der Waals surface area contributed by atoms with Gasteiger partial charge in [0.2, 0.25) is 0 Å². The zero-order chi connectivity index (χ0) is 16.1. The maximum absolute atomic E-state index is 13.5. The highest BCUT2D eigenvalue weighted by atomic mass is 32.2. The maximum Gasteiger partial charge on any atom is 0.101 e. The summed E-state index contributed by atoms with van der Waals surface area (Å²) in [5, 5.41) is 0. The van der Waals surface area contributed by atoms with Crippen LogP contribution in [0.2, 0.25) is 0 Å². The van der Waals surface area contributed by atoms with E-state index in [0.29, 0.717) is 0 Å². The van der Waals surface area contributed by atoms with E-state index >= 15 is 0 Å². The van der Waals surface area contributed by atoms with E-state index in [1.165, 1.54) is 44.2 Å². The molecule has 4 bridgehead atoms. The van der Waals surface area contributed by atoms with Crippen LogP contribution in [0.4, 0.5) is 5.69 Å². The van der Waals surface area contributed by atoms with Crippen LogP contribution in [0.25, 0.3) is 0 Å². The van der Waals surface area contributed by atoms with Crippen LogP contribution in [0, 0.1) is 17.8 Å². The summed E-state index contributed by atoms with van der Waals surface area (Å²) < 4.78 is 16.0. The van der Waals surface area contributed by atoms with E-state index in [1.807, 2.05) is 0 Å². The lowest BCUT2D eigenvalue weighted by molar-refractivity contribution is 0.0339. The molecule has 1 atom stereocenters. The normalized spacial score (nSPS) is 40.0. The van der Waals surface area contributed by atoms with Gasteiger partial charge in [0, 0.05) is 31.9 Å². The summed E-state index contributed by atoms with van der Waals surface area (Å²) in [6, 6.07) is 10.7. The number of benzene rings is 1. The zero-order valence-corrected chi connectivity index (χ0v) is 15.2. The van der Waals surface area contributed by atoms with Gasteiger partial charge in [-0.15, -0.1) is 0 Å². The van der Waals surface area contributed by atoms with Crippen LogP contribution in [0.5, 0.6) is 0 Å². The SMILES string of the molecule is O=[S@@](N1CCN(c2ccccc2)CC1)C12CC3CC(CC(C3)C1)C2. The van der Waals surface area contributed by atoms with Crippen LogP contribution in [0.3, 0.4) is 0 Å². The third-order valence-electron chi connectivity index (χ3n) is 6.95. The second-order valence-electron chi connectivity index (χ2n) is 8.60. The lowest BCUT2D eigenvalue weighted by Gasteiger charge is -2.57. The average molecular weight is 345 g/mol. The molecule has 0 radical (unpaired) electrons. The van der Waals surface area contributed by atoms with E-state index < -0.39 is 11.0 Å². The number of rotatable bonds is 3. The minimum atomic E-state index is -0.776. The zero-order valence-electron chi connectivity index (χ0n) is 14.4. The number of hydrogen-bond acceptors (Lipinski definition) is 2. The molecule has 24 heavy (non-hydrogen) atoms. The molecule has 1 heterocycles. The minimum absolute atomic E-state index is 0.143. The molecule has 6 rings (SSSR count). The van der Waals surface area contributed by atoms with Crippen molar-refractivity contribution in [2.75, 3.05) is 31.1 Å². The van der Waals surface area contributed by atoms with E-state index in [4.69, 9.17) is 0 Å². The van der Waals surface area contributed by atoms with Gasteiger partial charge in [0.1, 0.15) is 11.0 Å². The van der Waals surface area contributed by atoms with Crippen LogP contribution in [0.1, 0.15) is 38.5 Å². The molecule has 1 aliphatic heterocycles. The van der Waals surface area contributed by atoms with Gasteiger partial charge in [-0.1, -0.05) is 18.2 Å². The fourth-order valence-electron chi connectivity index (χ4n) is 6.27.